The van der Waals surface area contributed by atoms with Gasteiger partial charge in [0.2, 0.25) is 0 Å². The summed E-state index contributed by atoms with van der Waals surface area (Å²) in [4.78, 5) is 24.5. The van der Waals surface area contributed by atoms with Gasteiger partial charge in [-0.2, -0.15) is 13.2 Å². The minimum absolute atomic E-state index is 0.000104. The number of carbonyl (C=O) groups is 1. The molecule has 3 aromatic rings. The van der Waals surface area contributed by atoms with Gasteiger partial charge in [0.25, 0.3) is 5.91 Å². The fourth-order valence-corrected chi connectivity index (χ4v) is 4.81. The van der Waals surface area contributed by atoms with Crippen LogP contribution in [0, 0.1) is 0 Å². The van der Waals surface area contributed by atoms with Crippen LogP contribution in [0.4, 0.5) is 19.0 Å². The number of hydrogen-bond donors (Lipinski definition) is 1. The van der Waals surface area contributed by atoms with Crippen molar-refractivity contribution < 1.29 is 18.0 Å². The topological polar surface area (TPSA) is 52.2 Å². The maximum Gasteiger partial charge on any atom is 0.417 e. The molecule has 0 unspecified atom stereocenters. The first-order chi connectivity index (χ1) is 15.4. The molecule has 0 radical (unpaired) electrons. The Hall–Kier alpha value is -3.03. The van der Waals surface area contributed by atoms with E-state index >= 15 is 0 Å². The molecule has 0 saturated carbocycles. The number of aromatic nitrogens is 2. The van der Waals surface area contributed by atoms with Crippen LogP contribution in [-0.4, -0.2) is 47.0 Å². The molecule has 1 N–H and O–H groups in total. The molecule has 32 heavy (non-hydrogen) atoms. The maximum atomic E-state index is 13.2. The van der Waals surface area contributed by atoms with Gasteiger partial charge in [-0.3, -0.25) is 4.79 Å². The number of aromatic amines is 1. The highest BCUT2D eigenvalue weighted by molar-refractivity contribution is 5.99. The lowest BCUT2D eigenvalue weighted by Gasteiger charge is -2.23. The Morgan fingerprint density at radius 1 is 0.969 bits per heavy atom. The summed E-state index contributed by atoms with van der Waals surface area (Å²) in [6.45, 7) is 2.29. The lowest BCUT2D eigenvalue weighted by Crippen LogP contribution is -2.35. The van der Waals surface area contributed by atoms with Crippen LogP contribution in [0.5, 0.6) is 0 Å². The highest BCUT2D eigenvalue weighted by Gasteiger charge is 2.31. The van der Waals surface area contributed by atoms with E-state index in [1.54, 1.807) is 0 Å². The van der Waals surface area contributed by atoms with Gasteiger partial charge >= 0.3 is 6.18 Å². The van der Waals surface area contributed by atoms with Gasteiger partial charge in [0, 0.05) is 54.5 Å². The molecule has 2 aromatic heterocycles. The Morgan fingerprint density at radius 2 is 1.81 bits per heavy atom. The second kappa shape index (κ2) is 8.15. The predicted octanol–water partition coefficient (Wildman–Crippen LogP) is 4.81. The number of aryl methyl sites for hydroxylation is 2. The normalized spacial score (nSPS) is 17.3. The second-order valence-electron chi connectivity index (χ2n) is 8.59. The van der Waals surface area contributed by atoms with Crippen LogP contribution in [-0.2, 0) is 19.0 Å². The lowest BCUT2D eigenvalue weighted by atomic mass is 9.95. The summed E-state index contributed by atoms with van der Waals surface area (Å²) in [5, 5.41) is 1.15. The number of alkyl halides is 3. The molecule has 1 amide bonds. The summed E-state index contributed by atoms with van der Waals surface area (Å²) in [6.07, 6.45) is 1.69. The number of pyridine rings is 1. The Labute approximate surface area is 184 Å². The Balaban J connectivity index is 1.30. The van der Waals surface area contributed by atoms with E-state index in [1.165, 1.54) is 30.2 Å². The van der Waals surface area contributed by atoms with Crippen molar-refractivity contribution in [1.82, 2.24) is 14.9 Å². The molecule has 1 saturated heterocycles. The molecule has 168 valence electrons. The molecule has 0 atom stereocenters. The van der Waals surface area contributed by atoms with Crippen LogP contribution in [0.2, 0.25) is 0 Å². The van der Waals surface area contributed by atoms with Crippen LogP contribution in [0.15, 0.2) is 36.5 Å². The van der Waals surface area contributed by atoms with E-state index in [0.29, 0.717) is 37.6 Å². The molecule has 0 bridgehead atoms. The monoisotopic (exact) mass is 442 g/mol. The minimum Gasteiger partial charge on any atom is -0.358 e. The molecule has 0 spiro atoms. The number of carbonyl (C=O) groups excluding carboxylic acids is 1. The summed E-state index contributed by atoms with van der Waals surface area (Å²) in [6, 6.07) is 8.36. The lowest BCUT2D eigenvalue weighted by molar-refractivity contribution is -0.137. The van der Waals surface area contributed by atoms with Crippen LogP contribution in [0.1, 0.15) is 46.4 Å². The first-order valence-corrected chi connectivity index (χ1v) is 11.1. The molecule has 1 fully saturated rings. The Morgan fingerprint density at radius 3 is 2.59 bits per heavy atom. The van der Waals surface area contributed by atoms with Gasteiger partial charge in [-0.1, -0.05) is 0 Å². The second-order valence-corrected chi connectivity index (χ2v) is 8.59. The van der Waals surface area contributed by atoms with Crippen LogP contribution >= 0.6 is 0 Å². The number of rotatable bonds is 2. The molecule has 1 aromatic carbocycles. The fourth-order valence-electron chi connectivity index (χ4n) is 4.81. The van der Waals surface area contributed by atoms with Crippen LogP contribution < -0.4 is 4.90 Å². The standard InChI is InChI=1S/C24H25F3N4O/c25-24(26,27)17-7-9-22(28-15-17)30-10-3-11-31(13-12-30)23(32)16-6-8-21-19(14-16)18-4-1-2-5-20(18)29-21/h6-9,14-15,29H,1-5,10-13H2. The summed E-state index contributed by atoms with van der Waals surface area (Å²) in [5.74, 6) is 0.507. The summed E-state index contributed by atoms with van der Waals surface area (Å²) < 4.78 is 38.4. The molecule has 1 aliphatic carbocycles. The maximum absolute atomic E-state index is 13.2. The van der Waals surface area contributed by atoms with Gasteiger partial charge in [0.15, 0.2) is 0 Å². The van der Waals surface area contributed by atoms with Gasteiger partial charge in [0.05, 0.1) is 5.56 Å². The average molecular weight is 442 g/mol. The third kappa shape index (κ3) is 3.94. The molecule has 8 heteroatoms. The van der Waals surface area contributed by atoms with E-state index in [9.17, 15) is 18.0 Å². The van der Waals surface area contributed by atoms with Crippen molar-refractivity contribution in [3.63, 3.8) is 0 Å². The molecule has 1 aliphatic heterocycles. The van der Waals surface area contributed by atoms with Gasteiger partial charge in [-0.15, -0.1) is 0 Å². The quantitative estimate of drug-likeness (QED) is 0.620. The number of nitrogens with one attached hydrogen (secondary N) is 1. The number of benzene rings is 1. The molecular weight excluding hydrogens is 417 g/mol. The number of nitrogens with zero attached hydrogens (tertiary/aromatic N) is 3. The highest BCUT2D eigenvalue weighted by atomic mass is 19.4. The molecule has 5 nitrogen and oxygen atoms in total. The number of anilines is 1. The predicted molar refractivity (Wildman–Crippen MR) is 117 cm³/mol. The largest absolute Gasteiger partial charge is 0.417 e. The van der Waals surface area contributed by atoms with Crippen molar-refractivity contribution in [3.05, 3.63) is 58.9 Å². The van der Waals surface area contributed by atoms with Crippen LogP contribution in [0.25, 0.3) is 10.9 Å². The SMILES string of the molecule is O=C(c1ccc2[nH]c3c(c2c1)CCCC3)N1CCCN(c2ccc(C(F)(F)F)cn2)CC1. The van der Waals surface area contributed by atoms with E-state index in [1.807, 2.05) is 28.0 Å². The summed E-state index contributed by atoms with van der Waals surface area (Å²) >= 11 is 0. The fraction of sp³-hybridized carbons (Fsp3) is 0.417. The van der Waals surface area contributed by atoms with Crippen LogP contribution in [0.3, 0.4) is 0 Å². The molecule has 3 heterocycles. The number of halogens is 3. The van der Waals surface area contributed by atoms with Crippen molar-refractivity contribution in [2.45, 2.75) is 38.3 Å². The summed E-state index contributed by atoms with van der Waals surface area (Å²) in [7, 11) is 0. The smallest absolute Gasteiger partial charge is 0.358 e. The molecular formula is C24H25F3N4O. The van der Waals surface area contributed by atoms with Crippen molar-refractivity contribution in [2.24, 2.45) is 0 Å². The number of H-pyrrole nitrogens is 1. The Bertz CT molecular complexity index is 1140. The Kier molecular flexibility index (Phi) is 5.31. The number of amides is 1. The number of hydrogen-bond acceptors (Lipinski definition) is 3. The first-order valence-electron chi connectivity index (χ1n) is 11.1. The minimum atomic E-state index is -4.40. The van der Waals surface area contributed by atoms with E-state index < -0.39 is 11.7 Å². The van der Waals surface area contributed by atoms with E-state index in [4.69, 9.17) is 0 Å². The molecule has 2 aliphatic rings. The van der Waals surface area contributed by atoms with Crippen molar-refractivity contribution in [1.29, 1.82) is 0 Å². The van der Waals surface area contributed by atoms with E-state index in [2.05, 4.69) is 9.97 Å². The third-order valence-corrected chi connectivity index (χ3v) is 6.53. The van der Waals surface area contributed by atoms with Crippen molar-refractivity contribution in [2.75, 3.05) is 31.1 Å². The first kappa shape index (κ1) is 20.8. The van der Waals surface area contributed by atoms with Gasteiger partial charge < -0.3 is 14.8 Å². The number of fused-ring (bicyclic) bond motifs is 3. The van der Waals surface area contributed by atoms with Crippen molar-refractivity contribution in [3.8, 4) is 0 Å². The average Bonchev–Trinajstić information content (AvgIpc) is 2.98. The highest BCUT2D eigenvalue weighted by Crippen LogP contribution is 2.31. The zero-order valence-corrected chi connectivity index (χ0v) is 17.7. The summed E-state index contributed by atoms with van der Waals surface area (Å²) in [5.41, 5.74) is 3.66. The van der Waals surface area contributed by atoms with E-state index in [-0.39, 0.29) is 5.91 Å². The third-order valence-electron chi connectivity index (χ3n) is 6.53. The van der Waals surface area contributed by atoms with Crippen molar-refractivity contribution >= 4 is 22.6 Å². The van der Waals surface area contributed by atoms with E-state index in [0.717, 1.165) is 42.4 Å². The zero-order chi connectivity index (χ0) is 22.3. The zero-order valence-electron chi connectivity index (χ0n) is 17.7. The van der Waals surface area contributed by atoms with Gasteiger partial charge in [0.1, 0.15) is 5.82 Å². The molecule has 5 rings (SSSR count). The van der Waals surface area contributed by atoms with Gasteiger partial charge in [-0.25, -0.2) is 4.98 Å². The van der Waals surface area contributed by atoms with Gasteiger partial charge in [-0.05, 0) is 68.0 Å².